The van der Waals surface area contributed by atoms with Crippen LogP contribution < -0.4 is 0 Å². The summed E-state index contributed by atoms with van der Waals surface area (Å²) in [5.74, 6) is 18.1. The summed E-state index contributed by atoms with van der Waals surface area (Å²) in [4.78, 5) is 0. The topological polar surface area (TPSA) is 0 Å². The molecule has 0 spiro atoms. The molecule has 0 heterocycles. The minimum atomic E-state index is 1.02. The van der Waals surface area contributed by atoms with Gasteiger partial charge in [0.2, 0.25) is 0 Å². The second-order valence-corrected chi connectivity index (χ2v) is 14.2. The summed E-state index contributed by atoms with van der Waals surface area (Å²) >= 11 is 0. The zero-order valence-electron chi connectivity index (χ0n) is 19.3. The minimum absolute atomic E-state index is 1.02. The van der Waals surface area contributed by atoms with E-state index in [1.165, 1.54) is 47.3 Å². The SMILES string of the molecule is C1=CC2CC1C1C3CC(C4CCCC43)C21.C1=CC2CC1C1C3CC(C4CCCCC43)C21. The molecule has 10 aliphatic carbocycles. The molecule has 0 aromatic heterocycles. The molecule has 16 unspecified atom stereocenters. The van der Waals surface area contributed by atoms with E-state index in [0.29, 0.717) is 0 Å². The van der Waals surface area contributed by atoms with Crippen LogP contribution in [0.15, 0.2) is 24.3 Å². The van der Waals surface area contributed by atoms with Gasteiger partial charge in [0.15, 0.2) is 0 Å². The first-order valence-corrected chi connectivity index (χ1v) is 14.7. The highest BCUT2D eigenvalue weighted by Gasteiger charge is 2.65. The Kier molecular flexibility index (Phi) is 3.53. The van der Waals surface area contributed by atoms with Gasteiger partial charge >= 0.3 is 0 Å². The van der Waals surface area contributed by atoms with Gasteiger partial charge in [-0.2, -0.15) is 0 Å². The molecule has 0 amide bonds. The Labute approximate surface area is 189 Å². The average molecular weight is 415 g/mol. The van der Waals surface area contributed by atoms with E-state index in [1.807, 2.05) is 0 Å². The Bertz CT molecular complexity index is 773. The van der Waals surface area contributed by atoms with Gasteiger partial charge in [0, 0.05) is 0 Å². The summed E-state index contributed by atoms with van der Waals surface area (Å²) in [5.41, 5.74) is 0. The van der Waals surface area contributed by atoms with Crippen molar-refractivity contribution in [3.8, 4) is 0 Å². The van der Waals surface area contributed by atoms with Crippen LogP contribution in [-0.2, 0) is 0 Å². The predicted molar refractivity (Wildman–Crippen MR) is 125 cm³/mol. The van der Waals surface area contributed by atoms with Gasteiger partial charge in [-0.3, -0.25) is 0 Å². The van der Waals surface area contributed by atoms with E-state index in [0.717, 1.165) is 47.3 Å². The molecule has 8 bridgehead atoms. The molecular weight excluding hydrogens is 372 g/mol. The van der Waals surface area contributed by atoms with E-state index in [4.69, 9.17) is 0 Å². The predicted octanol–water partition coefficient (Wildman–Crippen LogP) is 7.37. The summed E-state index contributed by atoms with van der Waals surface area (Å²) in [6.07, 6.45) is 27.7. The van der Waals surface area contributed by atoms with Crippen LogP contribution in [0, 0.1) is 94.7 Å². The molecule has 0 N–H and O–H groups in total. The maximum absolute atomic E-state index is 2.59. The normalized spacial score (nSPS) is 66.3. The van der Waals surface area contributed by atoms with Crippen LogP contribution in [0.25, 0.3) is 0 Å². The molecule has 10 rings (SSSR count). The Morgan fingerprint density at radius 3 is 1.00 bits per heavy atom. The van der Waals surface area contributed by atoms with Gasteiger partial charge in [0.1, 0.15) is 0 Å². The lowest BCUT2D eigenvalue weighted by Crippen LogP contribution is -2.38. The molecule has 31 heavy (non-hydrogen) atoms. The molecule has 0 saturated heterocycles. The van der Waals surface area contributed by atoms with Gasteiger partial charge in [-0.15, -0.1) is 0 Å². The largest absolute Gasteiger partial charge is 0.0848 e. The fourth-order valence-corrected chi connectivity index (χ4v) is 13.6. The van der Waals surface area contributed by atoms with E-state index >= 15 is 0 Å². The molecule has 0 radical (unpaired) electrons. The molecule has 8 fully saturated rings. The quantitative estimate of drug-likeness (QED) is 0.287. The molecule has 0 aromatic carbocycles. The van der Waals surface area contributed by atoms with E-state index in [2.05, 4.69) is 24.3 Å². The van der Waals surface area contributed by atoms with Gasteiger partial charge in [-0.25, -0.2) is 0 Å². The van der Waals surface area contributed by atoms with Crippen LogP contribution in [-0.4, -0.2) is 0 Å². The van der Waals surface area contributed by atoms with Crippen LogP contribution >= 0.6 is 0 Å². The molecule has 10 aliphatic rings. The van der Waals surface area contributed by atoms with Crippen molar-refractivity contribution in [2.45, 2.75) is 70.6 Å². The van der Waals surface area contributed by atoms with Crippen molar-refractivity contribution in [2.75, 3.05) is 0 Å². The van der Waals surface area contributed by atoms with Gasteiger partial charge in [0.05, 0.1) is 0 Å². The standard InChI is InChI=1S/C16H22.C15H20/c1-2-4-12-11(3-1)13-8-14(12)16-10-6-5-9(7-10)15(13)16;1-2-10-11(3-1)13-7-12(10)14-8-4-5-9(6-8)15(13)14/h5-6,9-16H,1-4,7-8H2;4-5,8-15H,1-3,6-7H2. The fourth-order valence-electron chi connectivity index (χ4n) is 13.6. The van der Waals surface area contributed by atoms with Crippen molar-refractivity contribution in [1.82, 2.24) is 0 Å². The first-order valence-electron chi connectivity index (χ1n) is 14.7. The monoisotopic (exact) mass is 414 g/mol. The summed E-state index contributed by atoms with van der Waals surface area (Å²) in [7, 11) is 0. The third kappa shape index (κ3) is 2.12. The molecule has 8 saturated carbocycles. The third-order valence-electron chi connectivity index (χ3n) is 13.9. The Morgan fingerprint density at radius 1 is 0.323 bits per heavy atom. The summed E-state index contributed by atoms with van der Waals surface area (Å²) in [5, 5.41) is 0. The van der Waals surface area contributed by atoms with Crippen molar-refractivity contribution in [3.63, 3.8) is 0 Å². The van der Waals surface area contributed by atoms with Crippen LogP contribution in [0.5, 0.6) is 0 Å². The van der Waals surface area contributed by atoms with E-state index in [1.54, 1.807) is 70.6 Å². The lowest BCUT2D eigenvalue weighted by atomic mass is 9.61. The van der Waals surface area contributed by atoms with Crippen molar-refractivity contribution in [1.29, 1.82) is 0 Å². The first-order chi connectivity index (χ1) is 15.4. The number of rotatable bonds is 0. The van der Waals surface area contributed by atoms with Gasteiger partial charge in [-0.05, 0) is 146 Å². The third-order valence-corrected chi connectivity index (χ3v) is 13.9. The first kappa shape index (κ1) is 17.9. The molecular formula is C31H42. The Morgan fingerprint density at radius 2 is 0.645 bits per heavy atom. The summed E-state index contributed by atoms with van der Waals surface area (Å²) in [6, 6.07) is 0. The summed E-state index contributed by atoms with van der Waals surface area (Å²) < 4.78 is 0. The van der Waals surface area contributed by atoms with Crippen molar-refractivity contribution < 1.29 is 0 Å². The molecule has 0 aliphatic heterocycles. The Hall–Kier alpha value is -0.520. The maximum Gasteiger partial charge on any atom is -0.0194 e. The molecule has 0 nitrogen and oxygen atoms in total. The van der Waals surface area contributed by atoms with Crippen molar-refractivity contribution in [2.24, 2.45) is 94.7 Å². The van der Waals surface area contributed by atoms with Gasteiger partial charge < -0.3 is 0 Å². The van der Waals surface area contributed by atoms with E-state index in [9.17, 15) is 0 Å². The van der Waals surface area contributed by atoms with Crippen molar-refractivity contribution >= 4 is 0 Å². The van der Waals surface area contributed by atoms with Gasteiger partial charge in [0.25, 0.3) is 0 Å². The number of hydrogen-bond acceptors (Lipinski definition) is 0. The van der Waals surface area contributed by atoms with Crippen LogP contribution in [0.2, 0.25) is 0 Å². The molecule has 16 atom stereocenters. The highest BCUT2D eigenvalue weighted by molar-refractivity contribution is 5.23. The summed E-state index contributed by atoms with van der Waals surface area (Å²) in [6.45, 7) is 0. The zero-order valence-corrected chi connectivity index (χ0v) is 19.3. The smallest absolute Gasteiger partial charge is 0.0194 e. The van der Waals surface area contributed by atoms with E-state index < -0.39 is 0 Å². The lowest BCUT2D eigenvalue weighted by molar-refractivity contribution is 0.0579. The van der Waals surface area contributed by atoms with Crippen LogP contribution in [0.4, 0.5) is 0 Å². The van der Waals surface area contributed by atoms with Crippen molar-refractivity contribution in [3.05, 3.63) is 24.3 Å². The highest BCUT2D eigenvalue weighted by atomic mass is 14.7. The Balaban J connectivity index is 0.0000000983. The lowest BCUT2D eigenvalue weighted by Gasteiger charge is -2.44. The average Bonchev–Trinajstić information content (AvgIpc) is 3.66. The number of hydrogen-bond donors (Lipinski definition) is 0. The van der Waals surface area contributed by atoms with E-state index in [-0.39, 0.29) is 0 Å². The van der Waals surface area contributed by atoms with Crippen LogP contribution in [0.1, 0.15) is 70.6 Å². The molecule has 0 aromatic rings. The second kappa shape index (κ2) is 6.13. The number of fused-ring (bicyclic) bond motifs is 24. The molecule has 166 valence electrons. The fraction of sp³-hybridized carbons (Fsp3) is 0.871. The minimum Gasteiger partial charge on any atom is -0.0848 e. The number of allylic oxidation sites excluding steroid dienone is 4. The molecule has 0 heteroatoms. The van der Waals surface area contributed by atoms with Gasteiger partial charge in [-0.1, -0.05) is 43.6 Å². The van der Waals surface area contributed by atoms with Crippen LogP contribution in [0.3, 0.4) is 0 Å². The second-order valence-electron chi connectivity index (χ2n) is 14.2. The highest BCUT2D eigenvalue weighted by Crippen LogP contribution is 2.72. The maximum atomic E-state index is 2.59. The zero-order chi connectivity index (χ0) is 19.8.